The summed E-state index contributed by atoms with van der Waals surface area (Å²) in [4.78, 5) is 23.4. The quantitative estimate of drug-likeness (QED) is 0.146. The summed E-state index contributed by atoms with van der Waals surface area (Å²) < 4.78 is 11.7. The predicted octanol–water partition coefficient (Wildman–Crippen LogP) is 6.58. The van der Waals surface area contributed by atoms with Crippen molar-refractivity contribution >= 4 is 34.5 Å². The fraction of sp³-hybridized carbons (Fsp3) is 0.652. The van der Waals surface area contributed by atoms with E-state index in [0.29, 0.717) is 26.1 Å². The molecule has 4 nitrogen and oxygen atoms in total. The van der Waals surface area contributed by atoms with Crippen LogP contribution in [0, 0.1) is 3.57 Å². The largest absolute Gasteiger partial charge is 0.466 e. The molecule has 0 aromatic heterocycles. The minimum atomic E-state index is -0.125. The molecule has 0 heterocycles. The third kappa shape index (κ3) is 14.0. The molecule has 28 heavy (non-hydrogen) atoms. The topological polar surface area (TPSA) is 52.6 Å². The average molecular weight is 502 g/mol. The molecule has 0 spiro atoms. The highest BCUT2D eigenvalue weighted by Crippen LogP contribution is 2.11. The molecule has 0 saturated heterocycles. The smallest absolute Gasteiger partial charge is 0.306 e. The molecule has 0 amide bonds. The van der Waals surface area contributed by atoms with E-state index in [-0.39, 0.29) is 11.9 Å². The van der Waals surface area contributed by atoms with Gasteiger partial charge in [-0.1, -0.05) is 64.0 Å². The van der Waals surface area contributed by atoms with Crippen LogP contribution in [0.5, 0.6) is 0 Å². The number of ether oxygens (including phenoxy) is 2. The molecular formula is C23H35IO4. The van der Waals surface area contributed by atoms with Crippen molar-refractivity contribution in [3.05, 3.63) is 33.4 Å². The number of hydrogen-bond acceptors (Lipinski definition) is 4. The van der Waals surface area contributed by atoms with Crippen molar-refractivity contribution < 1.29 is 19.1 Å². The molecular weight excluding hydrogens is 467 g/mol. The Morgan fingerprint density at radius 3 is 1.89 bits per heavy atom. The molecule has 0 radical (unpaired) electrons. The maximum absolute atomic E-state index is 11.8. The molecule has 0 saturated carbocycles. The second-order valence-electron chi connectivity index (χ2n) is 7.19. The Hall–Kier alpha value is -1.11. The van der Waals surface area contributed by atoms with Gasteiger partial charge < -0.3 is 9.47 Å². The number of halogens is 1. The molecule has 0 N–H and O–H groups in total. The summed E-state index contributed by atoms with van der Waals surface area (Å²) in [6.45, 7) is 3.09. The lowest BCUT2D eigenvalue weighted by Gasteiger charge is -2.06. The van der Waals surface area contributed by atoms with Crippen molar-refractivity contribution in [3.8, 4) is 0 Å². The molecule has 1 aromatic rings. The summed E-state index contributed by atoms with van der Waals surface area (Å²) in [6.07, 6.45) is 11.6. The van der Waals surface area contributed by atoms with Gasteiger partial charge in [0.25, 0.3) is 0 Å². The Balaban J connectivity index is 1.88. The number of rotatable bonds is 16. The Kier molecular flexibility index (Phi) is 15.0. The van der Waals surface area contributed by atoms with Crippen LogP contribution in [0.3, 0.4) is 0 Å². The van der Waals surface area contributed by atoms with Gasteiger partial charge in [0.1, 0.15) is 6.61 Å². The predicted molar refractivity (Wildman–Crippen MR) is 121 cm³/mol. The van der Waals surface area contributed by atoms with Gasteiger partial charge in [0.05, 0.1) is 6.61 Å². The number of esters is 2. The van der Waals surface area contributed by atoms with Crippen LogP contribution < -0.4 is 0 Å². The van der Waals surface area contributed by atoms with Crippen molar-refractivity contribution in [3.63, 3.8) is 0 Å². The molecule has 5 heteroatoms. The van der Waals surface area contributed by atoms with E-state index in [1.807, 2.05) is 24.3 Å². The van der Waals surface area contributed by atoms with Crippen molar-refractivity contribution in [2.45, 2.75) is 90.6 Å². The SMILES string of the molecule is CCCCCCOC(=O)CCCCCCCCC(=O)OCc1ccc(I)cc1. The van der Waals surface area contributed by atoms with E-state index in [1.54, 1.807) is 0 Å². The van der Waals surface area contributed by atoms with Gasteiger partial charge in [-0.3, -0.25) is 9.59 Å². The van der Waals surface area contributed by atoms with Crippen molar-refractivity contribution in [1.82, 2.24) is 0 Å². The fourth-order valence-corrected chi connectivity index (χ4v) is 3.21. The van der Waals surface area contributed by atoms with Crippen LogP contribution in [-0.2, 0) is 25.7 Å². The maximum atomic E-state index is 11.8. The van der Waals surface area contributed by atoms with Crippen molar-refractivity contribution in [2.75, 3.05) is 6.61 Å². The summed E-state index contributed by atoms with van der Waals surface area (Å²) >= 11 is 2.25. The second kappa shape index (κ2) is 16.8. The van der Waals surface area contributed by atoms with E-state index in [9.17, 15) is 9.59 Å². The van der Waals surface area contributed by atoms with Crippen LogP contribution in [0.1, 0.15) is 89.5 Å². The summed E-state index contributed by atoms with van der Waals surface area (Å²) in [5.74, 6) is -0.187. The summed E-state index contributed by atoms with van der Waals surface area (Å²) in [7, 11) is 0. The normalized spacial score (nSPS) is 10.6. The molecule has 0 aliphatic heterocycles. The molecule has 158 valence electrons. The van der Waals surface area contributed by atoms with Crippen LogP contribution in [-0.4, -0.2) is 18.5 Å². The standard InChI is InChI=1S/C23H35IO4/c1-2-3-4-11-18-27-22(25)12-9-7-5-6-8-10-13-23(26)28-19-20-14-16-21(24)17-15-20/h14-17H,2-13,18-19H2,1H3. The van der Waals surface area contributed by atoms with Crippen LogP contribution >= 0.6 is 22.6 Å². The fourth-order valence-electron chi connectivity index (χ4n) is 2.85. The van der Waals surface area contributed by atoms with E-state index in [1.165, 1.54) is 16.4 Å². The van der Waals surface area contributed by atoms with Crippen LogP contribution in [0.2, 0.25) is 0 Å². The highest BCUT2D eigenvalue weighted by Gasteiger charge is 2.05. The lowest BCUT2D eigenvalue weighted by atomic mass is 10.1. The highest BCUT2D eigenvalue weighted by atomic mass is 127. The Labute approximate surface area is 183 Å². The molecule has 1 aromatic carbocycles. The number of hydrogen-bond donors (Lipinski definition) is 0. The Bertz CT molecular complexity index is 542. The first kappa shape index (κ1) is 24.9. The maximum Gasteiger partial charge on any atom is 0.306 e. The molecule has 0 fully saturated rings. The first-order valence-corrected chi connectivity index (χ1v) is 11.8. The third-order valence-electron chi connectivity index (χ3n) is 4.59. The number of carbonyl (C=O) groups excluding carboxylic acids is 2. The minimum Gasteiger partial charge on any atom is -0.466 e. The first-order chi connectivity index (χ1) is 13.6. The summed E-state index contributed by atoms with van der Waals surface area (Å²) in [5, 5.41) is 0. The van der Waals surface area contributed by atoms with Gasteiger partial charge in [-0.05, 0) is 59.5 Å². The zero-order valence-corrected chi connectivity index (χ0v) is 19.4. The molecule has 0 atom stereocenters. The van der Waals surface area contributed by atoms with E-state index in [2.05, 4.69) is 29.5 Å². The zero-order valence-electron chi connectivity index (χ0n) is 17.2. The molecule has 0 aliphatic carbocycles. The lowest BCUT2D eigenvalue weighted by molar-refractivity contribution is -0.145. The van der Waals surface area contributed by atoms with Crippen molar-refractivity contribution in [2.24, 2.45) is 0 Å². The van der Waals surface area contributed by atoms with Gasteiger partial charge in [-0.2, -0.15) is 0 Å². The number of benzene rings is 1. The van der Waals surface area contributed by atoms with Gasteiger partial charge in [-0.15, -0.1) is 0 Å². The molecule has 1 rings (SSSR count). The van der Waals surface area contributed by atoms with Gasteiger partial charge in [0, 0.05) is 16.4 Å². The van der Waals surface area contributed by atoms with Crippen molar-refractivity contribution in [1.29, 1.82) is 0 Å². The number of unbranched alkanes of at least 4 members (excludes halogenated alkanes) is 8. The molecule has 0 aliphatic rings. The van der Waals surface area contributed by atoms with Crippen LogP contribution in [0.15, 0.2) is 24.3 Å². The van der Waals surface area contributed by atoms with Gasteiger partial charge in [0.2, 0.25) is 0 Å². The van der Waals surface area contributed by atoms with Gasteiger partial charge in [-0.25, -0.2) is 0 Å². The second-order valence-corrected chi connectivity index (χ2v) is 8.44. The van der Waals surface area contributed by atoms with Gasteiger partial charge >= 0.3 is 11.9 Å². The minimum absolute atomic E-state index is 0.0626. The lowest BCUT2D eigenvalue weighted by Crippen LogP contribution is -2.05. The monoisotopic (exact) mass is 502 g/mol. The Morgan fingerprint density at radius 2 is 1.29 bits per heavy atom. The van der Waals surface area contributed by atoms with E-state index >= 15 is 0 Å². The highest BCUT2D eigenvalue weighted by molar-refractivity contribution is 14.1. The number of carbonyl (C=O) groups is 2. The molecule has 0 bridgehead atoms. The van der Waals surface area contributed by atoms with Crippen LogP contribution in [0.4, 0.5) is 0 Å². The summed E-state index contributed by atoms with van der Waals surface area (Å²) in [6, 6.07) is 7.99. The molecule has 0 unspecified atom stereocenters. The first-order valence-electron chi connectivity index (χ1n) is 10.7. The zero-order chi connectivity index (χ0) is 20.5. The third-order valence-corrected chi connectivity index (χ3v) is 5.30. The van der Waals surface area contributed by atoms with E-state index in [0.717, 1.165) is 56.9 Å². The summed E-state index contributed by atoms with van der Waals surface area (Å²) in [5.41, 5.74) is 1.02. The van der Waals surface area contributed by atoms with Crippen LogP contribution in [0.25, 0.3) is 0 Å². The average Bonchev–Trinajstić information content (AvgIpc) is 2.69. The Morgan fingerprint density at radius 1 is 0.750 bits per heavy atom. The van der Waals surface area contributed by atoms with E-state index in [4.69, 9.17) is 9.47 Å². The van der Waals surface area contributed by atoms with E-state index < -0.39 is 0 Å². The van der Waals surface area contributed by atoms with Gasteiger partial charge in [0.15, 0.2) is 0 Å².